The molecule has 0 radical (unpaired) electrons. The van der Waals surface area contributed by atoms with Crippen LogP contribution in [0.4, 0.5) is 0 Å². The van der Waals surface area contributed by atoms with Gasteiger partial charge in [0.25, 0.3) is 0 Å². The molecule has 0 unspecified atom stereocenters. The molecular formula is C8H12AsClS. The van der Waals surface area contributed by atoms with Crippen molar-refractivity contribution < 1.29 is 0 Å². The zero-order valence-corrected chi connectivity index (χ0v) is 10.3. The maximum atomic E-state index is 5.83. The van der Waals surface area contributed by atoms with Gasteiger partial charge in [0.15, 0.2) is 0 Å². The first-order chi connectivity index (χ1) is 5.17. The molecule has 62 valence electrons. The van der Waals surface area contributed by atoms with Gasteiger partial charge in [0.2, 0.25) is 0 Å². The molecule has 0 aliphatic heterocycles. The summed E-state index contributed by atoms with van der Waals surface area (Å²) in [7, 11) is 7.37. The Morgan fingerprint density at radius 1 is 1.18 bits per heavy atom. The fourth-order valence-corrected chi connectivity index (χ4v) is 5.72. The second-order valence-electron chi connectivity index (χ2n) is 2.95. The van der Waals surface area contributed by atoms with Gasteiger partial charge >= 0.3 is 78.4 Å². The molecule has 1 aromatic carbocycles. The van der Waals surface area contributed by atoms with Crippen LogP contribution in [0, 0.1) is 0 Å². The molecule has 0 N–H and O–H groups in total. The van der Waals surface area contributed by atoms with Crippen LogP contribution in [0.25, 0.3) is 0 Å². The summed E-state index contributed by atoms with van der Waals surface area (Å²) in [5.74, 6) is 0. The third-order valence-corrected chi connectivity index (χ3v) is 15.3. The Labute approximate surface area is 78.3 Å². The third kappa shape index (κ3) is 2.43. The van der Waals surface area contributed by atoms with E-state index in [1.54, 1.807) is 0 Å². The Morgan fingerprint density at radius 2 is 1.73 bits per heavy atom. The van der Waals surface area contributed by atoms with Crippen molar-refractivity contribution in [2.24, 2.45) is 0 Å². The normalized spacial score (nSPS) is 13.0. The first kappa shape index (κ1) is 9.51. The molecule has 0 heterocycles. The molecule has 0 aliphatic carbocycles. The first-order valence-corrected chi connectivity index (χ1v) is 13.0. The van der Waals surface area contributed by atoms with E-state index in [0.29, 0.717) is 0 Å². The Balaban J connectivity index is 2.93. The van der Waals surface area contributed by atoms with Crippen LogP contribution in [0.15, 0.2) is 30.3 Å². The Bertz CT molecular complexity index is 223. The van der Waals surface area contributed by atoms with Gasteiger partial charge in [-0.25, -0.2) is 0 Å². The average molecular weight is 251 g/mol. The van der Waals surface area contributed by atoms with Crippen LogP contribution in [0.5, 0.6) is 0 Å². The number of hydrogen-bond acceptors (Lipinski definition) is 1. The summed E-state index contributed by atoms with van der Waals surface area (Å²) in [6, 6.07) is 10.6. The molecular weight excluding hydrogens is 239 g/mol. The van der Waals surface area contributed by atoms with Gasteiger partial charge in [0.05, 0.1) is 0 Å². The van der Waals surface area contributed by atoms with Crippen LogP contribution in [-0.2, 0) is 0 Å². The van der Waals surface area contributed by atoms with E-state index in [0.717, 1.165) is 0 Å². The molecule has 0 saturated carbocycles. The third-order valence-electron chi connectivity index (χ3n) is 1.66. The van der Waals surface area contributed by atoms with Gasteiger partial charge in [-0.3, -0.25) is 0 Å². The van der Waals surface area contributed by atoms with Gasteiger partial charge < -0.3 is 0 Å². The zero-order chi connectivity index (χ0) is 8.32. The zero-order valence-electron chi connectivity index (χ0n) is 6.67. The minimum absolute atomic E-state index is 1.45. The van der Waals surface area contributed by atoms with E-state index in [1.807, 2.05) is 6.07 Å². The molecule has 0 amide bonds. The van der Waals surface area contributed by atoms with Crippen molar-refractivity contribution in [3.63, 3.8) is 0 Å². The summed E-state index contributed by atoms with van der Waals surface area (Å²) in [5, 5.41) is 0. The first-order valence-electron chi connectivity index (χ1n) is 3.52. The van der Waals surface area contributed by atoms with E-state index in [9.17, 15) is 0 Å². The number of hydrogen-bond donors (Lipinski definition) is 0. The van der Waals surface area contributed by atoms with Gasteiger partial charge in [-0.15, -0.1) is 0 Å². The van der Waals surface area contributed by atoms with E-state index in [2.05, 4.69) is 35.7 Å². The molecule has 0 spiro atoms. The summed E-state index contributed by atoms with van der Waals surface area (Å²) in [4.78, 5) is 0. The maximum absolute atomic E-state index is 5.83. The monoisotopic (exact) mass is 250 g/mol. The predicted molar refractivity (Wildman–Crippen MR) is 58.4 cm³/mol. The molecule has 0 saturated heterocycles. The molecule has 11 heavy (non-hydrogen) atoms. The fraction of sp³-hybridized carbons (Fsp3) is 0.250. The topological polar surface area (TPSA) is 0 Å². The van der Waals surface area contributed by atoms with Gasteiger partial charge in [-0.2, -0.15) is 0 Å². The van der Waals surface area contributed by atoms with Gasteiger partial charge in [0.1, 0.15) is 0 Å². The van der Waals surface area contributed by atoms with Crippen molar-refractivity contribution in [1.82, 2.24) is 0 Å². The van der Waals surface area contributed by atoms with Crippen molar-refractivity contribution in [1.29, 1.82) is 0 Å². The van der Waals surface area contributed by atoms with E-state index in [4.69, 9.17) is 10.7 Å². The van der Waals surface area contributed by atoms with Crippen LogP contribution < -0.4 is 4.35 Å². The van der Waals surface area contributed by atoms with Crippen LogP contribution in [-0.4, -0.2) is 12.4 Å². The van der Waals surface area contributed by atoms with Crippen molar-refractivity contribution >= 4 is 36.7 Å². The van der Waals surface area contributed by atoms with E-state index >= 15 is 0 Å². The molecule has 0 nitrogen and oxygen atoms in total. The average Bonchev–Trinajstić information content (AvgIpc) is 2.06. The summed E-state index contributed by atoms with van der Waals surface area (Å²) < 4.78 is 1.45. The van der Waals surface area contributed by atoms with Crippen molar-refractivity contribution in [3.05, 3.63) is 30.3 Å². The van der Waals surface area contributed by atoms with Gasteiger partial charge in [0, 0.05) is 0 Å². The molecule has 0 fully saturated rings. The summed E-state index contributed by atoms with van der Waals surface area (Å²) in [6.45, 7) is 0. The SMILES string of the molecule is C[AsH](C)(SCl)c1ccccc1. The van der Waals surface area contributed by atoms with Gasteiger partial charge in [-0.1, -0.05) is 0 Å². The van der Waals surface area contributed by atoms with Crippen LogP contribution in [0.2, 0.25) is 11.4 Å². The van der Waals surface area contributed by atoms with Crippen LogP contribution in [0.3, 0.4) is 0 Å². The van der Waals surface area contributed by atoms with Gasteiger partial charge in [-0.05, 0) is 0 Å². The van der Waals surface area contributed by atoms with Crippen molar-refractivity contribution in [3.8, 4) is 0 Å². The molecule has 0 bridgehead atoms. The second-order valence-corrected chi connectivity index (χ2v) is 19.3. The quantitative estimate of drug-likeness (QED) is 0.728. The standard InChI is InChI=1S/C8H12AsClS/c1-9(2,11-10)8-6-4-3-5-7-8/h3-7,9H,1-2H3. The van der Waals surface area contributed by atoms with Crippen molar-refractivity contribution in [2.75, 3.05) is 0 Å². The molecule has 0 aliphatic rings. The molecule has 0 aromatic heterocycles. The fourth-order valence-electron chi connectivity index (χ4n) is 0.884. The summed E-state index contributed by atoms with van der Waals surface area (Å²) >= 11 is -1.86. The Kier molecular flexibility index (Phi) is 3.36. The Hall–Kier alpha value is 0.418. The van der Waals surface area contributed by atoms with Crippen LogP contribution in [0.1, 0.15) is 0 Å². The molecule has 0 atom stereocenters. The molecule has 3 heteroatoms. The minimum atomic E-state index is -1.86. The number of halogens is 1. The van der Waals surface area contributed by atoms with E-state index in [-0.39, 0.29) is 0 Å². The van der Waals surface area contributed by atoms with E-state index < -0.39 is 12.4 Å². The summed E-state index contributed by atoms with van der Waals surface area (Å²) in [6.07, 6.45) is 0. The molecule has 1 aromatic rings. The van der Waals surface area contributed by atoms with E-state index in [1.165, 1.54) is 13.6 Å². The second kappa shape index (κ2) is 3.89. The predicted octanol–water partition coefficient (Wildman–Crippen LogP) is 2.72. The van der Waals surface area contributed by atoms with Crippen LogP contribution >= 0.6 is 19.9 Å². The summed E-state index contributed by atoms with van der Waals surface area (Å²) in [5.41, 5.74) is 4.60. The van der Waals surface area contributed by atoms with Crippen molar-refractivity contribution in [2.45, 2.75) is 11.4 Å². The Morgan fingerprint density at radius 3 is 2.18 bits per heavy atom. The molecule has 1 rings (SSSR count). The number of rotatable bonds is 2. The number of benzene rings is 1.